The van der Waals surface area contributed by atoms with Crippen molar-refractivity contribution in [2.75, 3.05) is 31.2 Å². The van der Waals surface area contributed by atoms with Crippen LogP contribution in [0.15, 0.2) is 49.2 Å². The Bertz CT molecular complexity index is 972. The average molecular weight is 361 g/mol. The smallest absolute Gasteiger partial charge is 0.159 e. The van der Waals surface area contributed by atoms with Gasteiger partial charge in [0.1, 0.15) is 5.82 Å². The lowest BCUT2D eigenvalue weighted by molar-refractivity contribution is 0.122. The van der Waals surface area contributed by atoms with E-state index < -0.39 is 0 Å². The summed E-state index contributed by atoms with van der Waals surface area (Å²) in [5.41, 5.74) is 4.05. The molecule has 3 aromatic rings. The highest BCUT2D eigenvalue weighted by atomic mass is 16.5. The van der Waals surface area contributed by atoms with Crippen LogP contribution >= 0.6 is 0 Å². The number of aromatic nitrogens is 4. The summed E-state index contributed by atoms with van der Waals surface area (Å²) in [7, 11) is 0. The van der Waals surface area contributed by atoms with Gasteiger partial charge in [0.2, 0.25) is 0 Å². The third kappa shape index (κ3) is 3.75. The maximum absolute atomic E-state index is 5.46. The Balaban J connectivity index is 1.72. The summed E-state index contributed by atoms with van der Waals surface area (Å²) in [6.07, 6.45) is 1.94. The molecule has 2 aromatic heterocycles. The van der Waals surface area contributed by atoms with Crippen molar-refractivity contribution in [1.29, 1.82) is 0 Å². The van der Waals surface area contributed by atoms with Crippen molar-refractivity contribution in [3.63, 3.8) is 0 Å². The van der Waals surface area contributed by atoms with Crippen LogP contribution in [-0.4, -0.2) is 46.1 Å². The molecule has 3 heterocycles. The van der Waals surface area contributed by atoms with Crippen LogP contribution in [0.1, 0.15) is 18.3 Å². The minimum absolute atomic E-state index is 0.640. The van der Waals surface area contributed by atoms with Crippen LogP contribution in [0.5, 0.6) is 0 Å². The first-order chi connectivity index (χ1) is 13.1. The van der Waals surface area contributed by atoms with Gasteiger partial charge in [-0.05, 0) is 31.6 Å². The molecular weight excluding hydrogens is 338 g/mol. The second-order valence-electron chi connectivity index (χ2n) is 6.80. The Morgan fingerprint density at radius 3 is 2.59 bits per heavy atom. The van der Waals surface area contributed by atoms with Gasteiger partial charge in [0, 0.05) is 30.9 Å². The molecule has 0 saturated carbocycles. The Morgan fingerprint density at radius 1 is 1.07 bits per heavy atom. The zero-order chi connectivity index (χ0) is 18.8. The van der Waals surface area contributed by atoms with Crippen LogP contribution < -0.4 is 4.90 Å². The van der Waals surface area contributed by atoms with Gasteiger partial charge >= 0.3 is 0 Å². The van der Waals surface area contributed by atoms with E-state index >= 15 is 0 Å². The third-order valence-electron chi connectivity index (χ3n) is 4.55. The zero-order valence-corrected chi connectivity index (χ0v) is 15.7. The van der Waals surface area contributed by atoms with Gasteiger partial charge in [-0.1, -0.05) is 30.3 Å². The van der Waals surface area contributed by atoms with E-state index in [2.05, 4.69) is 46.6 Å². The monoisotopic (exact) mass is 361 g/mol. The highest BCUT2D eigenvalue weighted by Crippen LogP contribution is 2.22. The van der Waals surface area contributed by atoms with Crippen LogP contribution in [0.25, 0.3) is 22.6 Å². The van der Waals surface area contributed by atoms with Gasteiger partial charge < -0.3 is 9.64 Å². The topological polar surface area (TPSA) is 56.1 Å². The van der Waals surface area contributed by atoms with E-state index in [1.165, 1.54) is 5.56 Å². The molecule has 1 aliphatic rings. The molecule has 1 aliphatic heterocycles. The van der Waals surface area contributed by atoms with E-state index in [9.17, 15) is 0 Å². The average Bonchev–Trinajstić information content (AvgIpc) is 3.19. The number of nitrogens with zero attached hydrogens (tertiary/aromatic N) is 5. The number of hydrogen-bond acceptors (Lipinski definition) is 5. The summed E-state index contributed by atoms with van der Waals surface area (Å²) in [5, 5.41) is 4.73. The lowest BCUT2D eigenvalue weighted by Crippen LogP contribution is -2.37. The number of hydrogen-bond donors (Lipinski definition) is 0. The largest absolute Gasteiger partial charge is 0.378 e. The molecule has 1 aromatic carbocycles. The summed E-state index contributed by atoms with van der Waals surface area (Å²) in [4.78, 5) is 11.5. The fourth-order valence-electron chi connectivity index (χ4n) is 3.09. The van der Waals surface area contributed by atoms with E-state index in [4.69, 9.17) is 9.84 Å². The molecule has 0 N–H and O–H groups in total. The van der Waals surface area contributed by atoms with E-state index in [0.29, 0.717) is 19.0 Å². The molecule has 1 fully saturated rings. The first kappa shape index (κ1) is 17.4. The fraction of sp³-hybridized carbons (Fsp3) is 0.286. The number of rotatable bonds is 4. The molecule has 0 aliphatic carbocycles. The molecular formula is C21H23N5O. The van der Waals surface area contributed by atoms with Gasteiger partial charge in [-0.15, -0.1) is 0 Å². The number of morpholine rings is 1. The highest BCUT2D eigenvalue weighted by molar-refractivity contribution is 5.61. The third-order valence-corrected chi connectivity index (χ3v) is 4.55. The van der Waals surface area contributed by atoms with Crippen LogP contribution in [0.2, 0.25) is 0 Å². The Morgan fingerprint density at radius 2 is 1.85 bits per heavy atom. The van der Waals surface area contributed by atoms with Gasteiger partial charge in [-0.2, -0.15) is 5.10 Å². The molecule has 1 saturated heterocycles. The molecule has 0 atom stereocenters. The maximum Gasteiger partial charge on any atom is 0.159 e. The van der Waals surface area contributed by atoms with Crippen molar-refractivity contribution >= 4 is 11.4 Å². The van der Waals surface area contributed by atoms with Gasteiger partial charge in [-0.25, -0.2) is 14.6 Å². The quantitative estimate of drug-likeness (QED) is 0.712. The number of ether oxygens (including phenoxy) is 1. The zero-order valence-electron chi connectivity index (χ0n) is 15.7. The molecule has 0 amide bonds. The summed E-state index contributed by atoms with van der Waals surface area (Å²) >= 11 is 0. The second-order valence-corrected chi connectivity index (χ2v) is 6.80. The standard InChI is InChI=1S/C21H23N5O/c1-15(2)21-22-19(25-9-11-27-12-10-25)14-20(23-21)26-8-7-18(24-26)17-6-4-5-16(3)13-17/h4-8,13-14H,1,9-12H2,2-3H3. The Hall–Kier alpha value is -2.99. The minimum atomic E-state index is 0.640. The van der Waals surface area contributed by atoms with Crippen molar-refractivity contribution in [2.24, 2.45) is 0 Å². The fourth-order valence-corrected chi connectivity index (χ4v) is 3.09. The van der Waals surface area contributed by atoms with Crippen LogP contribution in [0, 0.1) is 6.92 Å². The molecule has 0 bridgehead atoms. The summed E-state index contributed by atoms with van der Waals surface area (Å²) in [6, 6.07) is 12.3. The number of aryl methyl sites for hydroxylation is 1. The molecule has 0 spiro atoms. The van der Waals surface area contributed by atoms with E-state index in [0.717, 1.165) is 41.6 Å². The van der Waals surface area contributed by atoms with Crippen LogP contribution in [-0.2, 0) is 4.74 Å². The summed E-state index contributed by atoms with van der Waals surface area (Å²) < 4.78 is 7.26. The van der Waals surface area contributed by atoms with Crippen LogP contribution in [0.3, 0.4) is 0 Å². The second kappa shape index (κ2) is 7.32. The first-order valence-corrected chi connectivity index (χ1v) is 9.11. The van der Waals surface area contributed by atoms with Crippen molar-refractivity contribution in [3.8, 4) is 17.1 Å². The first-order valence-electron chi connectivity index (χ1n) is 9.11. The molecule has 4 rings (SSSR count). The SMILES string of the molecule is C=C(C)c1nc(N2CCOCC2)cc(-n2ccc(-c3cccc(C)c3)n2)n1. The molecule has 6 heteroatoms. The lowest BCUT2D eigenvalue weighted by Gasteiger charge is -2.28. The van der Waals surface area contributed by atoms with E-state index in [1.54, 1.807) is 4.68 Å². The van der Waals surface area contributed by atoms with Crippen molar-refractivity contribution < 1.29 is 4.74 Å². The van der Waals surface area contributed by atoms with Gasteiger partial charge in [-0.3, -0.25) is 0 Å². The van der Waals surface area contributed by atoms with Crippen molar-refractivity contribution in [1.82, 2.24) is 19.7 Å². The highest BCUT2D eigenvalue weighted by Gasteiger charge is 2.16. The predicted molar refractivity (Wildman–Crippen MR) is 107 cm³/mol. The van der Waals surface area contributed by atoms with Gasteiger partial charge in [0.05, 0.1) is 18.9 Å². The Kier molecular flexibility index (Phi) is 4.73. The van der Waals surface area contributed by atoms with Gasteiger partial charge in [0.15, 0.2) is 11.6 Å². The molecule has 27 heavy (non-hydrogen) atoms. The number of allylic oxidation sites excluding steroid dienone is 1. The molecule has 0 unspecified atom stereocenters. The summed E-state index contributed by atoms with van der Waals surface area (Å²) in [5.74, 6) is 2.26. The van der Waals surface area contributed by atoms with Gasteiger partial charge in [0.25, 0.3) is 0 Å². The van der Waals surface area contributed by atoms with E-state index in [-0.39, 0.29) is 0 Å². The number of benzene rings is 1. The maximum atomic E-state index is 5.46. The Labute approximate surface area is 159 Å². The molecule has 6 nitrogen and oxygen atoms in total. The van der Waals surface area contributed by atoms with Crippen LogP contribution in [0.4, 0.5) is 5.82 Å². The minimum Gasteiger partial charge on any atom is -0.378 e. The number of anilines is 1. The van der Waals surface area contributed by atoms with E-state index in [1.807, 2.05) is 31.3 Å². The lowest BCUT2D eigenvalue weighted by atomic mass is 10.1. The predicted octanol–water partition coefficient (Wildman–Crippen LogP) is 3.51. The molecule has 0 radical (unpaired) electrons. The normalized spacial score (nSPS) is 14.4. The van der Waals surface area contributed by atoms with Crippen molar-refractivity contribution in [2.45, 2.75) is 13.8 Å². The summed E-state index contributed by atoms with van der Waals surface area (Å²) in [6.45, 7) is 11.1. The van der Waals surface area contributed by atoms with Crippen molar-refractivity contribution in [3.05, 3.63) is 60.6 Å². The molecule has 138 valence electrons.